The van der Waals surface area contributed by atoms with E-state index < -0.39 is 0 Å². The van der Waals surface area contributed by atoms with Crippen molar-refractivity contribution in [2.24, 2.45) is 0 Å². The van der Waals surface area contributed by atoms with E-state index in [9.17, 15) is 4.79 Å². The molecule has 0 aliphatic heterocycles. The maximum atomic E-state index is 11.7. The number of hydrogen-bond donors (Lipinski definition) is 1. The van der Waals surface area contributed by atoms with Crippen molar-refractivity contribution in [3.8, 4) is 5.75 Å². The quantitative estimate of drug-likeness (QED) is 0.843. The van der Waals surface area contributed by atoms with Gasteiger partial charge in [0.2, 0.25) is 5.91 Å². The number of rotatable bonds is 4. The van der Waals surface area contributed by atoms with Crippen LogP contribution >= 0.6 is 31.9 Å². The third kappa shape index (κ3) is 3.49. The molecule has 0 heterocycles. The number of anilines is 1. The minimum Gasteiger partial charge on any atom is -0.495 e. The number of benzene rings is 1. The zero-order valence-electron chi connectivity index (χ0n) is 9.09. The van der Waals surface area contributed by atoms with Crippen LogP contribution in [0.15, 0.2) is 22.7 Å². The molecule has 16 heavy (non-hydrogen) atoms. The van der Waals surface area contributed by atoms with Crippen molar-refractivity contribution >= 4 is 43.5 Å². The van der Waals surface area contributed by atoms with Crippen LogP contribution < -0.4 is 10.1 Å². The second kappa shape index (κ2) is 6.25. The smallest absolute Gasteiger partial charge is 0.238 e. The van der Waals surface area contributed by atoms with Gasteiger partial charge in [0.05, 0.1) is 17.6 Å². The minimum atomic E-state index is -0.184. The van der Waals surface area contributed by atoms with E-state index in [2.05, 4.69) is 37.2 Å². The molecule has 1 unspecified atom stereocenters. The van der Waals surface area contributed by atoms with Gasteiger partial charge in [0.25, 0.3) is 0 Å². The van der Waals surface area contributed by atoms with Gasteiger partial charge >= 0.3 is 0 Å². The van der Waals surface area contributed by atoms with Crippen LogP contribution in [0.25, 0.3) is 0 Å². The maximum Gasteiger partial charge on any atom is 0.238 e. The average Bonchev–Trinajstić information content (AvgIpc) is 2.28. The van der Waals surface area contributed by atoms with Crippen LogP contribution in [-0.2, 0) is 4.79 Å². The third-order valence-corrected chi connectivity index (χ3v) is 3.62. The number of halogens is 2. The zero-order valence-corrected chi connectivity index (χ0v) is 12.3. The summed E-state index contributed by atoms with van der Waals surface area (Å²) in [6.45, 7) is 1.94. The summed E-state index contributed by atoms with van der Waals surface area (Å²) in [6.07, 6.45) is 0.738. The van der Waals surface area contributed by atoms with Gasteiger partial charge in [-0.1, -0.05) is 38.8 Å². The Bertz CT molecular complexity index is 382. The standard InChI is InChI=1S/C11H13Br2NO2/c1-3-8(13)11(15)14-9-6-7(12)4-5-10(9)16-2/h4-6,8H,3H2,1-2H3,(H,14,15). The van der Waals surface area contributed by atoms with Crippen molar-refractivity contribution in [2.75, 3.05) is 12.4 Å². The van der Waals surface area contributed by atoms with Crippen LogP contribution in [0, 0.1) is 0 Å². The van der Waals surface area contributed by atoms with E-state index in [1.807, 2.05) is 19.1 Å². The van der Waals surface area contributed by atoms with Gasteiger partial charge in [0, 0.05) is 4.47 Å². The molecular weight excluding hydrogens is 338 g/mol. The Hall–Kier alpha value is -0.550. The van der Waals surface area contributed by atoms with Crippen LogP contribution in [0.2, 0.25) is 0 Å². The predicted octanol–water partition coefficient (Wildman–Crippen LogP) is 3.57. The fraction of sp³-hybridized carbons (Fsp3) is 0.364. The molecule has 0 saturated carbocycles. The highest BCUT2D eigenvalue weighted by molar-refractivity contribution is 9.10. The largest absolute Gasteiger partial charge is 0.495 e. The molecule has 1 atom stereocenters. The average molecular weight is 351 g/mol. The normalized spacial score (nSPS) is 12.0. The molecule has 0 fully saturated rings. The molecule has 0 radical (unpaired) electrons. The fourth-order valence-electron chi connectivity index (χ4n) is 1.17. The number of alkyl halides is 1. The van der Waals surface area contributed by atoms with Crippen molar-refractivity contribution in [3.05, 3.63) is 22.7 Å². The van der Waals surface area contributed by atoms with E-state index in [1.54, 1.807) is 13.2 Å². The van der Waals surface area contributed by atoms with Gasteiger partial charge in [0.1, 0.15) is 5.75 Å². The number of hydrogen-bond acceptors (Lipinski definition) is 2. The highest BCUT2D eigenvalue weighted by Crippen LogP contribution is 2.28. The fourth-order valence-corrected chi connectivity index (χ4v) is 1.65. The molecule has 0 aliphatic carbocycles. The van der Waals surface area contributed by atoms with Gasteiger partial charge in [-0.2, -0.15) is 0 Å². The lowest BCUT2D eigenvalue weighted by atomic mass is 10.2. The number of amides is 1. The lowest BCUT2D eigenvalue weighted by Gasteiger charge is -2.12. The molecule has 0 spiro atoms. The highest BCUT2D eigenvalue weighted by atomic mass is 79.9. The summed E-state index contributed by atoms with van der Waals surface area (Å²) in [7, 11) is 1.57. The molecule has 88 valence electrons. The summed E-state index contributed by atoms with van der Waals surface area (Å²) in [5.74, 6) is 0.575. The first-order valence-corrected chi connectivity index (χ1v) is 6.57. The maximum absolute atomic E-state index is 11.7. The van der Waals surface area contributed by atoms with Crippen molar-refractivity contribution in [2.45, 2.75) is 18.2 Å². The molecule has 3 nitrogen and oxygen atoms in total. The van der Waals surface area contributed by atoms with Crippen LogP contribution in [0.3, 0.4) is 0 Å². The lowest BCUT2D eigenvalue weighted by Crippen LogP contribution is -2.22. The summed E-state index contributed by atoms with van der Waals surface area (Å²) >= 11 is 6.65. The monoisotopic (exact) mass is 349 g/mol. The Balaban J connectivity index is 2.87. The molecule has 1 aromatic carbocycles. The molecule has 1 rings (SSSR count). The van der Waals surface area contributed by atoms with Gasteiger partial charge in [0.15, 0.2) is 0 Å². The Morgan fingerprint density at radius 2 is 2.25 bits per heavy atom. The minimum absolute atomic E-state index is 0.0705. The SMILES string of the molecule is CCC(Br)C(=O)Nc1cc(Br)ccc1OC. The number of nitrogens with one attached hydrogen (secondary N) is 1. The van der Waals surface area contributed by atoms with Crippen LogP contribution in [0.4, 0.5) is 5.69 Å². The second-order valence-electron chi connectivity index (χ2n) is 3.21. The number of methoxy groups -OCH3 is 1. The summed E-state index contributed by atoms with van der Waals surface area (Å²) in [4.78, 5) is 11.5. The first-order valence-electron chi connectivity index (χ1n) is 4.87. The second-order valence-corrected chi connectivity index (χ2v) is 5.23. The lowest BCUT2D eigenvalue weighted by molar-refractivity contribution is -0.115. The van der Waals surface area contributed by atoms with Crippen LogP contribution in [0.1, 0.15) is 13.3 Å². The molecular formula is C11H13Br2NO2. The first kappa shape index (κ1) is 13.5. The van der Waals surface area contributed by atoms with E-state index in [-0.39, 0.29) is 10.7 Å². The van der Waals surface area contributed by atoms with Gasteiger partial charge in [-0.05, 0) is 24.6 Å². The van der Waals surface area contributed by atoms with Crippen LogP contribution in [-0.4, -0.2) is 17.8 Å². The molecule has 1 aromatic rings. The summed E-state index contributed by atoms with van der Waals surface area (Å²) < 4.78 is 6.06. The van der Waals surface area contributed by atoms with Crippen LogP contribution in [0.5, 0.6) is 5.75 Å². The number of carbonyl (C=O) groups is 1. The summed E-state index contributed by atoms with van der Waals surface area (Å²) in [5, 5.41) is 2.81. The summed E-state index contributed by atoms with van der Waals surface area (Å²) in [6, 6.07) is 5.47. The summed E-state index contributed by atoms with van der Waals surface area (Å²) in [5.41, 5.74) is 0.666. The van der Waals surface area contributed by atoms with E-state index in [0.29, 0.717) is 11.4 Å². The number of ether oxygens (including phenoxy) is 1. The molecule has 0 aliphatic rings. The van der Waals surface area contributed by atoms with Crippen molar-refractivity contribution in [1.29, 1.82) is 0 Å². The Kier molecular flexibility index (Phi) is 5.28. The molecule has 1 amide bonds. The molecule has 5 heteroatoms. The molecule has 1 N–H and O–H groups in total. The van der Waals surface area contributed by atoms with E-state index in [1.165, 1.54) is 0 Å². The first-order chi connectivity index (χ1) is 7.58. The van der Waals surface area contributed by atoms with E-state index >= 15 is 0 Å². The molecule has 0 bridgehead atoms. The molecule has 0 saturated heterocycles. The predicted molar refractivity (Wildman–Crippen MR) is 72.3 cm³/mol. The topological polar surface area (TPSA) is 38.3 Å². The molecule has 0 aromatic heterocycles. The Labute approximate surface area is 112 Å². The number of carbonyl (C=O) groups excluding carboxylic acids is 1. The third-order valence-electron chi connectivity index (χ3n) is 2.06. The van der Waals surface area contributed by atoms with Crippen molar-refractivity contribution in [3.63, 3.8) is 0 Å². The van der Waals surface area contributed by atoms with Gasteiger partial charge in [-0.3, -0.25) is 4.79 Å². The zero-order chi connectivity index (χ0) is 12.1. The van der Waals surface area contributed by atoms with E-state index in [0.717, 1.165) is 10.9 Å². The van der Waals surface area contributed by atoms with Gasteiger partial charge in [-0.15, -0.1) is 0 Å². The Morgan fingerprint density at radius 3 is 2.81 bits per heavy atom. The van der Waals surface area contributed by atoms with Crippen molar-refractivity contribution in [1.82, 2.24) is 0 Å². The Morgan fingerprint density at radius 1 is 1.56 bits per heavy atom. The van der Waals surface area contributed by atoms with Gasteiger partial charge in [-0.25, -0.2) is 0 Å². The van der Waals surface area contributed by atoms with E-state index in [4.69, 9.17) is 4.74 Å². The van der Waals surface area contributed by atoms with Gasteiger partial charge < -0.3 is 10.1 Å². The highest BCUT2D eigenvalue weighted by Gasteiger charge is 2.14. The van der Waals surface area contributed by atoms with Crippen molar-refractivity contribution < 1.29 is 9.53 Å².